The van der Waals surface area contributed by atoms with Crippen molar-refractivity contribution in [2.75, 3.05) is 0 Å². The maximum atomic E-state index is 12.4. The zero-order valence-corrected chi connectivity index (χ0v) is 27.5. The number of unbranched alkanes of at least 4 members (excludes halogenated alkanes) is 10. The number of rotatable bonds is 27. The van der Waals surface area contributed by atoms with Gasteiger partial charge in [0.15, 0.2) is 0 Å². The molecule has 0 aromatic heterocycles. The minimum atomic E-state index is -1.36. The van der Waals surface area contributed by atoms with E-state index in [-0.39, 0.29) is 45.1 Å². The molecule has 0 spiro atoms. The lowest BCUT2D eigenvalue weighted by Crippen LogP contribution is -2.44. The highest BCUT2D eigenvalue weighted by atomic mass is 16.5. The van der Waals surface area contributed by atoms with Gasteiger partial charge in [-0.1, -0.05) is 101 Å². The van der Waals surface area contributed by atoms with Gasteiger partial charge in [-0.15, -0.1) is 0 Å². The second kappa shape index (κ2) is 25.0. The second-order valence-electron chi connectivity index (χ2n) is 11.8. The Morgan fingerprint density at radius 1 is 0.574 bits per heavy atom. The summed E-state index contributed by atoms with van der Waals surface area (Å²) in [4.78, 5) is 71.8. The molecule has 0 unspecified atom stereocenters. The summed E-state index contributed by atoms with van der Waals surface area (Å²) in [5.74, 6) is -5.11. The van der Waals surface area contributed by atoms with Gasteiger partial charge in [0.1, 0.15) is 24.7 Å². The number of nitrogens with one attached hydrogen (secondary N) is 3. The van der Waals surface area contributed by atoms with Gasteiger partial charge < -0.3 is 36.0 Å². The van der Waals surface area contributed by atoms with Crippen molar-refractivity contribution in [3.63, 3.8) is 0 Å². The molecule has 13 heteroatoms. The van der Waals surface area contributed by atoms with Crippen LogP contribution >= 0.6 is 0 Å². The number of carboxylic acid groups (broad SMARTS) is 3. The van der Waals surface area contributed by atoms with Gasteiger partial charge in [-0.2, -0.15) is 0 Å². The van der Waals surface area contributed by atoms with Crippen molar-refractivity contribution < 1.29 is 48.8 Å². The average Bonchev–Trinajstić information content (AvgIpc) is 3.03. The van der Waals surface area contributed by atoms with Crippen LogP contribution in [0.4, 0.5) is 4.79 Å². The molecule has 0 bridgehead atoms. The normalized spacial score (nSPS) is 12.7. The number of carbonyl (C=O) groups is 6. The molecule has 6 N–H and O–H groups in total. The van der Waals surface area contributed by atoms with Gasteiger partial charge in [0.2, 0.25) is 11.8 Å². The fourth-order valence-electron chi connectivity index (χ4n) is 4.96. The van der Waals surface area contributed by atoms with Crippen molar-refractivity contribution in [2.45, 2.75) is 141 Å². The lowest BCUT2D eigenvalue weighted by Gasteiger charge is -2.18. The van der Waals surface area contributed by atoms with Crippen LogP contribution in [-0.4, -0.2) is 69.3 Å². The van der Waals surface area contributed by atoms with E-state index in [9.17, 15) is 44.1 Å². The quantitative estimate of drug-likeness (QED) is 0.0682. The van der Waals surface area contributed by atoms with Crippen molar-refractivity contribution in [3.8, 4) is 0 Å². The van der Waals surface area contributed by atoms with Gasteiger partial charge in [0, 0.05) is 12.8 Å². The monoisotopic (exact) mass is 663 g/mol. The molecule has 3 atom stereocenters. The zero-order chi connectivity index (χ0) is 34.9. The van der Waals surface area contributed by atoms with Crippen LogP contribution in [0.1, 0.15) is 122 Å². The number of alkyl carbamates (subject to hydrolysis) is 1. The molecule has 0 fully saturated rings. The lowest BCUT2D eigenvalue weighted by molar-refractivity contribution is -0.143. The Morgan fingerprint density at radius 3 is 1.53 bits per heavy atom. The molecule has 1 aromatic carbocycles. The first-order chi connectivity index (χ1) is 22.5. The molecule has 1 rings (SSSR count). The van der Waals surface area contributed by atoms with Crippen LogP contribution < -0.4 is 16.0 Å². The second-order valence-corrected chi connectivity index (χ2v) is 11.8. The minimum absolute atomic E-state index is 0.0278. The molecular formula is C34H53N3O10. The van der Waals surface area contributed by atoms with Gasteiger partial charge in [0.05, 0.1) is 0 Å². The Kier molecular flexibility index (Phi) is 21.7. The Bertz CT molecular complexity index is 1100. The van der Waals surface area contributed by atoms with E-state index in [0.717, 1.165) is 19.3 Å². The van der Waals surface area contributed by atoms with Crippen molar-refractivity contribution in [2.24, 2.45) is 0 Å². The number of carboxylic acids is 3. The van der Waals surface area contributed by atoms with Gasteiger partial charge in [-0.05, 0) is 37.7 Å². The van der Waals surface area contributed by atoms with E-state index in [2.05, 4.69) is 22.9 Å². The maximum Gasteiger partial charge on any atom is 0.408 e. The Labute approximate surface area is 277 Å². The van der Waals surface area contributed by atoms with Gasteiger partial charge in [-0.3, -0.25) is 9.59 Å². The summed E-state index contributed by atoms with van der Waals surface area (Å²) in [5.41, 5.74) is 0.714. The Balaban J connectivity index is 2.36. The maximum absolute atomic E-state index is 12.4. The molecular weight excluding hydrogens is 610 g/mol. The molecule has 47 heavy (non-hydrogen) atoms. The summed E-state index contributed by atoms with van der Waals surface area (Å²) in [7, 11) is 0. The first-order valence-corrected chi connectivity index (χ1v) is 16.8. The van der Waals surface area contributed by atoms with Crippen LogP contribution in [0.25, 0.3) is 0 Å². The smallest absolute Gasteiger partial charge is 0.408 e. The Hall–Kier alpha value is -4.16. The number of ether oxygens (including phenoxy) is 1. The Morgan fingerprint density at radius 2 is 1.02 bits per heavy atom. The first kappa shape index (κ1) is 40.9. The van der Waals surface area contributed by atoms with Crippen LogP contribution in [0.5, 0.6) is 0 Å². The molecule has 264 valence electrons. The highest BCUT2D eigenvalue weighted by molar-refractivity contribution is 5.86. The molecule has 0 aliphatic carbocycles. The topological polar surface area (TPSA) is 208 Å². The van der Waals surface area contributed by atoms with Crippen molar-refractivity contribution in [1.82, 2.24) is 16.0 Å². The van der Waals surface area contributed by atoms with Gasteiger partial charge >= 0.3 is 24.0 Å². The van der Waals surface area contributed by atoms with E-state index in [1.807, 2.05) is 0 Å². The van der Waals surface area contributed by atoms with Gasteiger partial charge in [-0.25, -0.2) is 19.2 Å². The van der Waals surface area contributed by atoms with E-state index >= 15 is 0 Å². The predicted octanol–water partition coefficient (Wildman–Crippen LogP) is 5.16. The van der Waals surface area contributed by atoms with Crippen LogP contribution in [-0.2, 0) is 35.3 Å². The molecule has 0 saturated heterocycles. The molecule has 0 saturated carbocycles. The van der Waals surface area contributed by atoms with Crippen molar-refractivity contribution >= 4 is 35.8 Å². The molecule has 1 aromatic rings. The summed E-state index contributed by atoms with van der Waals surface area (Å²) in [6.07, 6.45) is 10.9. The van der Waals surface area contributed by atoms with E-state index in [4.69, 9.17) is 4.74 Å². The van der Waals surface area contributed by atoms with Crippen molar-refractivity contribution in [3.05, 3.63) is 35.9 Å². The number of benzene rings is 1. The third-order valence-electron chi connectivity index (χ3n) is 7.72. The summed E-state index contributed by atoms with van der Waals surface area (Å²) in [6, 6.07) is 4.80. The van der Waals surface area contributed by atoms with E-state index in [1.165, 1.54) is 44.9 Å². The number of hydrogen-bond acceptors (Lipinski definition) is 7. The molecule has 3 amide bonds. The number of carbonyl (C=O) groups excluding carboxylic acids is 3. The number of amides is 3. The fraction of sp³-hybridized carbons (Fsp3) is 0.647. The highest BCUT2D eigenvalue weighted by Gasteiger charge is 2.26. The molecule has 0 aliphatic rings. The van der Waals surface area contributed by atoms with Gasteiger partial charge in [0.25, 0.3) is 0 Å². The fourth-order valence-corrected chi connectivity index (χ4v) is 4.96. The molecule has 0 heterocycles. The number of aliphatic carboxylic acids is 3. The highest BCUT2D eigenvalue weighted by Crippen LogP contribution is 2.12. The van der Waals surface area contributed by atoms with E-state index in [0.29, 0.717) is 12.0 Å². The predicted molar refractivity (Wildman–Crippen MR) is 174 cm³/mol. The summed E-state index contributed by atoms with van der Waals surface area (Å²) >= 11 is 0. The molecule has 0 radical (unpaired) electrons. The average molecular weight is 664 g/mol. The molecule has 13 nitrogen and oxygen atoms in total. The zero-order valence-electron chi connectivity index (χ0n) is 27.5. The standard InChI is InChI=1S/C34H53N3O10/c1-2-3-4-5-6-7-8-9-10-11-15-21-29(38)36-28(33(44)45)22-23-30(39)35-26(31(40)41)19-16-20-27(32(42)43)37-34(46)47-24-25-17-13-12-14-18-25/h12-14,17-18,26-28H,2-11,15-16,19-24H2,1H3,(H,35,39)(H,36,38)(H,37,46)(H,40,41)(H,42,43)(H,44,45)/t26-,27+,28+/m0/s1. The molecule has 0 aliphatic heterocycles. The van der Waals surface area contributed by atoms with Crippen molar-refractivity contribution in [1.29, 1.82) is 0 Å². The van der Waals surface area contributed by atoms with E-state index < -0.39 is 53.9 Å². The van der Waals surface area contributed by atoms with Crippen LogP contribution in [0.3, 0.4) is 0 Å². The third kappa shape index (κ3) is 20.6. The lowest BCUT2D eigenvalue weighted by atomic mass is 10.0. The number of hydrogen-bond donors (Lipinski definition) is 6. The summed E-state index contributed by atoms with van der Waals surface area (Å²) < 4.78 is 5.03. The summed E-state index contributed by atoms with van der Waals surface area (Å²) in [5, 5.41) is 35.5. The first-order valence-electron chi connectivity index (χ1n) is 16.8. The third-order valence-corrected chi connectivity index (χ3v) is 7.72. The summed E-state index contributed by atoms with van der Waals surface area (Å²) in [6.45, 7) is 2.14. The minimum Gasteiger partial charge on any atom is -0.480 e. The largest absolute Gasteiger partial charge is 0.480 e. The van der Waals surface area contributed by atoms with Crippen LogP contribution in [0.15, 0.2) is 30.3 Å². The van der Waals surface area contributed by atoms with Crippen LogP contribution in [0, 0.1) is 0 Å². The van der Waals surface area contributed by atoms with Crippen LogP contribution in [0.2, 0.25) is 0 Å². The van der Waals surface area contributed by atoms with E-state index in [1.54, 1.807) is 30.3 Å². The SMILES string of the molecule is CCCCCCCCCCCCCC(=O)N[C@H](CCC(=O)N[C@@H](CCC[C@@H](NC(=O)OCc1ccccc1)C(=O)O)C(=O)O)C(=O)O.